The fourth-order valence-electron chi connectivity index (χ4n) is 1.71. The molecule has 1 aromatic carbocycles. The molecule has 18 heavy (non-hydrogen) atoms. The summed E-state index contributed by atoms with van der Waals surface area (Å²) in [6.45, 7) is 0. The number of rotatable bonds is 3. The van der Waals surface area contributed by atoms with Crippen LogP contribution in [0.3, 0.4) is 0 Å². The van der Waals surface area contributed by atoms with E-state index in [4.69, 9.17) is 9.47 Å². The quantitative estimate of drug-likeness (QED) is 0.823. The maximum Gasteiger partial charge on any atom is 0.511 e. The number of alkyl carbamates (subject to hydrolysis) is 1. The molecule has 0 aromatic heterocycles. The van der Waals surface area contributed by atoms with Crippen LogP contribution >= 0.6 is 0 Å². The summed E-state index contributed by atoms with van der Waals surface area (Å²) in [5.74, 6) is 0. The molecule has 1 N–H and O–H groups in total. The lowest BCUT2D eigenvalue weighted by Crippen LogP contribution is -2.36. The summed E-state index contributed by atoms with van der Waals surface area (Å²) in [4.78, 5) is 22.2. The Bertz CT molecular complexity index is 433. The van der Waals surface area contributed by atoms with Gasteiger partial charge in [0.05, 0.1) is 7.11 Å². The van der Waals surface area contributed by atoms with E-state index in [0.29, 0.717) is 6.42 Å². The van der Waals surface area contributed by atoms with Crippen molar-refractivity contribution in [1.29, 1.82) is 0 Å². The van der Waals surface area contributed by atoms with Crippen molar-refractivity contribution in [3.63, 3.8) is 0 Å². The number of carbonyl (C=O) groups is 2. The fourth-order valence-corrected chi connectivity index (χ4v) is 1.71. The molecule has 6 heteroatoms. The normalized spacial score (nSPS) is 21.9. The van der Waals surface area contributed by atoms with Crippen LogP contribution in [0.5, 0.6) is 0 Å². The van der Waals surface area contributed by atoms with Crippen LogP contribution in [0, 0.1) is 0 Å². The van der Waals surface area contributed by atoms with E-state index in [0.717, 1.165) is 5.56 Å². The molecule has 0 radical (unpaired) electrons. The van der Waals surface area contributed by atoms with Gasteiger partial charge in [-0.2, -0.15) is 0 Å². The molecular formula is C12H13NO5. The van der Waals surface area contributed by atoms with Crippen molar-refractivity contribution < 1.29 is 23.8 Å². The van der Waals surface area contributed by atoms with Crippen LogP contribution < -0.4 is 5.32 Å². The third-order valence-electron chi connectivity index (χ3n) is 2.53. The summed E-state index contributed by atoms with van der Waals surface area (Å²) in [5, 5.41) is 2.59. The van der Waals surface area contributed by atoms with Crippen LogP contribution in [0.4, 0.5) is 9.59 Å². The highest BCUT2D eigenvalue weighted by Gasteiger charge is 2.37. The van der Waals surface area contributed by atoms with E-state index in [1.165, 1.54) is 7.11 Å². The molecule has 0 aliphatic carbocycles. The van der Waals surface area contributed by atoms with Gasteiger partial charge in [-0.1, -0.05) is 30.3 Å². The maximum atomic E-state index is 11.2. The monoisotopic (exact) mass is 251 g/mol. The molecule has 1 heterocycles. The van der Waals surface area contributed by atoms with E-state index < -0.39 is 24.6 Å². The fraction of sp³-hybridized carbons (Fsp3) is 0.333. The number of cyclic esters (lactones) is 1. The predicted octanol–water partition coefficient (Wildman–Crippen LogP) is 1.45. The number of nitrogens with one attached hydrogen (secondary N) is 1. The Labute approximate surface area is 104 Å². The average Bonchev–Trinajstić information content (AvgIpc) is 2.70. The maximum absolute atomic E-state index is 11.2. The molecule has 96 valence electrons. The third-order valence-corrected chi connectivity index (χ3v) is 2.53. The van der Waals surface area contributed by atoms with E-state index >= 15 is 0 Å². The van der Waals surface area contributed by atoms with E-state index in [-0.39, 0.29) is 0 Å². The topological polar surface area (TPSA) is 73.9 Å². The molecule has 1 saturated heterocycles. The van der Waals surface area contributed by atoms with Gasteiger partial charge in [0.25, 0.3) is 6.29 Å². The molecular weight excluding hydrogens is 238 g/mol. The van der Waals surface area contributed by atoms with Gasteiger partial charge in [-0.05, 0) is 5.56 Å². The van der Waals surface area contributed by atoms with Gasteiger partial charge in [-0.25, -0.2) is 9.59 Å². The highest BCUT2D eigenvalue weighted by atomic mass is 16.8. The Morgan fingerprint density at radius 2 is 2.11 bits per heavy atom. The SMILES string of the molecule is COC(=O)OC1OC(=O)NC1Cc1ccccc1. The lowest BCUT2D eigenvalue weighted by Gasteiger charge is -2.16. The largest absolute Gasteiger partial charge is 0.511 e. The van der Waals surface area contributed by atoms with Gasteiger partial charge in [-0.15, -0.1) is 0 Å². The number of ether oxygens (including phenoxy) is 3. The van der Waals surface area contributed by atoms with Crippen LogP contribution in [-0.2, 0) is 20.6 Å². The highest BCUT2D eigenvalue weighted by molar-refractivity contribution is 5.70. The number of hydrogen-bond donors (Lipinski definition) is 1. The second kappa shape index (κ2) is 5.39. The summed E-state index contributed by atoms with van der Waals surface area (Å²) in [7, 11) is 1.19. The minimum Gasteiger partial charge on any atom is -0.438 e. The number of benzene rings is 1. The first-order valence-corrected chi connectivity index (χ1v) is 5.44. The van der Waals surface area contributed by atoms with Crippen molar-refractivity contribution in [2.45, 2.75) is 18.8 Å². The molecule has 2 atom stereocenters. The van der Waals surface area contributed by atoms with Gasteiger partial charge in [0, 0.05) is 6.42 Å². The van der Waals surface area contributed by atoms with Gasteiger partial charge >= 0.3 is 12.2 Å². The first kappa shape index (κ1) is 12.2. The van der Waals surface area contributed by atoms with Crippen molar-refractivity contribution in [1.82, 2.24) is 5.32 Å². The number of carbonyl (C=O) groups excluding carboxylic acids is 2. The molecule has 2 rings (SSSR count). The summed E-state index contributed by atoms with van der Waals surface area (Å²) in [6, 6.07) is 9.10. The lowest BCUT2D eigenvalue weighted by atomic mass is 10.1. The first-order valence-electron chi connectivity index (χ1n) is 5.44. The molecule has 1 aliphatic rings. The molecule has 1 amide bonds. The van der Waals surface area contributed by atoms with Crippen LogP contribution in [-0.4, -0.2) is 31.7 Å². The van der Waals surface area contributed by atoms with Crippen LogP contribution in [0.2, 0.25) is 0 Å². The number of amides is 1. The lowest BCUT2D eigenvalue weighted by molar-refractivity contribution is -0.0702. The molecule has 0 saturated carbocycles. The third kappa shape index (κ3) is 2.91. The van der Waals surface area contributed by atoms with E-state index in [1.54, 1.807) is 0 Å². The Balaban J connectivity index is 2.01. The van der Waals surface area contributed by atoms with Gasteiger partial charge in [0.15, 0.2) is 0 Å². The van der Waals surface area contributed by atoms with E-state index in [1.807, 2.05) is 30.3 Å². The predicted molar refractivity (Wildman–Crippen MR) is 60.8 cm³/mol. The molecule has 0 spiro atoms. The van der Waals surface area contributed by atoms with Crippen molar-refractivity contribution in [2.24, 2.45) is 0 Å². The highest BCUT2D eigenvalue weighted by Crippen LogP contribution is 2.15. The molecule has 1 aromatic rings. The Kier molecular flexibility index (Phi) is 3.66. The first-order chi connectivity index (χ1) is 8.69. The van der Waals surface area contributed by atoms with Crippen molar-refractivity contribution in [3.8, 4) is 0 Å². The van der Waals surface area contributed by atoms with E-state index in [9.17, 15) is 9.59 Å². The van der Waals surface area contributed by atoms with Gasteiger partial charge in [0.1, 0.15) is 6.04 Å². The number of methoxy groups -OCH3 is 1. The molecule has 0 bridgehead atoms. The summed E-state index contributed by atoms with van der Waals surface area (Å²) in [6.07, 6.45) is -1.95. The molecule has 6 nitrogen and oxygen atoms in total. The smallest absolute Gasteiger partial charge is 0.438 e. The standard InChI is InChI=1S/C12H13NO5/c1-16-12(15)18-10-9(13-11(14)17-10)7-8-5-3-2-4-6-8/h2-6,9-10H,7H2,1H3,(H,13,14). The zero-order valence-electron chi connectivity index (χ0n) is 9.79. The van der Waals surface area contributed by atoms with Crippen molar-refractivity contribution >= 4 is 12.2 Å². The van der Waals surface area contributed by atoms with Crippen molar-refractivity contribution in [2.75, 3.05) is 7.11 Å². The van der Waals surface area contributed by atoms with Crippen LogP contribution in [0.15, 0.2) is 30.3 Å². The second-order valence-electron chi connectivity index (χ2n) is 3.79. The van der Waals surface area contributed by atoms with Gasteiger partial charge in [-0.3, -0.25) is 0 Å². The zero-order valence-corrected chi connectivity index (χ0v) is 9.79. The molecule has 1 fully saturated rings. The average molecular weight is 251 g/mol. The molecule has 2 unspecified atom stereocenters. The Hall–Kier alpha value is -2.24. The zero-order chi connectivity index (χ0) is 13.0. The van der Waals surface area contributed by atoms with Crippen molar-refractivity contribution in [3.05, 3.63) is 35.9 Å². The van der Waals surface area contributed by atoms with Gasteiger partial charge < -0.3 is 19.5 Å². The van der Waals surface area contributed by atoms with E-state index in [2.05, 4.69) is 10.1 Å². The Morgan fingerprint density at radius 3 is 2.78 bits per heavy atom. The second-order valence-corrected chi connectivity index (χ2v) is 3.79. The summed E-state index contributed by atoms with van der Waals surface area (Å²) < 4.78 is 14.1. The van der Waals surface area contributed by atoms with Crippen LogP contribution in [0.1, 0.15) is 5.56 Å². The minimum atomic E-state index is -0.967. The minimum absolute atomic E-state index is 0.418. The van der Waals surface area contributed by atoms with Crippen LogP contribution in [0.25, 0.3) is 0 Å². The molecule has 1 aliphatic heterocycles. The number of hydrogen-bond acceptors (Lipinski definition) is 5. The Morgan fingerprint density at radius 1 is 1.39 bits per heavy atom. The summed E-state index contributed by atoms with van der Waals surface area (Å²) in [5.41, 5.74) is 1.01. The van der Waals surface area contributed by atoms with Gasteiger partial charge in [0.2, 0.25) is 0 Å². The summed E-state index contributed by atoms with van der Waals surface area (Å²) >= 11 is 0.